The van der Waals surface area contributed by atoms with Crippen LogP contribution in [-0.2, 0) is 14.4 Å². The predicted molar refractivity (Wildman–Crippen MR) is 117 cm³/mol. The van der Waals surface area contributed by atoms with Gasteiger partial charge in [0.25, 0.3) is 0 Å². The first-order valence-corrected chi connectivity index (χ1v) is 11.3. The van der Waals surface area contributed by atoms with Crippen molar-refractivity contribution in [1.29, 1.82) is 0 Å². The molecular formula is C24H45NO3. The summed E-state index contributed by atoms with van der Waals surface area (Å²) < 4.78 is 0. The molecule has 0 saturated carbocycles. The highest BCUT2D eigenvalue weighted by molar-refractivity contribution is 5.97. The quantitative estimate of drug-likeness (QED) is 0.400. The zero-order chi connectivity index (χ0) is 22.2. The topological polar surface area (TPSA) is 63.2 Å². The molecule has 164 valence electrons. The molecular weight excluding hydrogens is 350 g/mol. The molecule has 1 N–H and O–H groups in total. The summed E-state index contributed by atoms with van der Waals surface area (Å²) in [5.41, 5.74) is -1.05. The largest absolute Gasteiger partial charge is 0.346 e. The zero-order valence-electron chi connectivity index (χ0n) is 20.0. The molecule has 1 atom stereocenters. The minimum absolute atomic E-state index is 0.0107. The Morgan fingerprint density at radius 1 is 0.714 bits per heavy atom. The van der Waals surface area contributed by atoms with E-state index in [9.17, 15) is 14.4 Å². The molecule has 28 heavy (non-hydrogen) atoms. The summed E-state index contributed by atoms with van der Waals surface area (Å²) >= 11 is 0. The van der Waals surface area contributed by atoms with E-state index in [4.69, 9.17) is 0 Å². The molecule has 0 heterocycles. The second-order valence-corrected chi connectivity index (χ2v) is 9.34. The fourth-order valence-corrected chi connectivity index (χ4v) is 3.44. The van der Waals surface area contributed by atoms with Gasteiger partial charge in [-0.3, -0.25) is 14.4 Å². The lowest BCUT2D eigenvalue weighted by atomic mass is 9.73. The van der Waals surface area contributed by atoms with Gasteiger partial charge in [0.1, 0.15) is 5.78 Å². The van der Waals surface area contributed by atoms with Gasteiger partial charge >= 0.3 is 0 Å². The van der Waals surface area contributed by atoms with Gasteiger partial charge in [0, 0.05) is 23.7 Å². The van der Waals surface area contributed by atoms with E-state index in [1.807, 2.05) is 41.5 Å². The van der Waals surface area contributed by atoms with Gasteiger partial charge < -0.3 is 5.32 Å². The number of carbonyl (C=O) groups is 3. The number of hydrogen-bond donors (Lipinski definition) is 1. The molecule has 0 fully saturated rings. The summed E-state index contributed by atoms with van der Waals surface area (Å²) in [6.07, 6.45) is 5.14. The van der Waals surface area contributed by atoms with Crippen LogP contribution in [0.2, 0.25) is 0 Å². The van der Waals surface area contributed by atoms with Crippen molar-refractivity contribution in [2.75, 3.05) is 0 Å². The third-order valence-electron chi connectivity index (χ3n) is 7.73. The molecule has 0 aliphatic carbocycles. The maximum Gasteiger partial charge on any atom is 0.221 e. The molecule has 1 amide bonds. The average molecular weight is 396 g/mol. The van der Waals surface area contributed by atoms with Crippen molar-refractivity contribution >= 4 is 17.5 Å². The summed E-state index contributed by atoms with van der Waals surface area (Å²) in [5.74, 6) is -0.0653. The first kappa shape index (κ1) is 26.8. The Kier molecular flexibility index (Phi) is 10.6. The lowest BCUT2D eigenvalue weighted by molar-refractivity contribution is -0.138. The Labute approximate surface area is 173 Å². The van der Waals surface area contributed by atoms with Gasteiger partial charge in [-0.05, 0) is 31.1 Å². The number of hydrogen-bond acceptors (Lipinski definition) is 3. The van der Waals surface area contributed by atoms with Gasteiger partial charge in [0.05, 0.1) is 6.04 Å². The molecule has 0 rings (SSSR count). The van der Waals surface area contributed by atoms with Crippen LogP contribution in [-0.4, -0.2) is 23.5 Å². The van der Waals surface area contributed by atoms with Crippen molar-refractivity contribution in [3.05, 3.63) is 0 Å². The smallest absolute Gasteiger partial charge is 0.221 e. The third-order valence-corrected chi connectivity index (χ3v) is 7.73. The second-order valence-electron chi connectivity index (χ2n) is 9.34. The Bertz CT molecular complexity index is 526. The molecule has 0 aromatic carbocycles. The Morgan fingerprint density at radius 2 is 1.14 bits per heavy atom. The maximum absolute atomic E-state index is 13.3. The summed E-state index contributed by atoms with van der Waals surface area (Å²) in [4.78, 5) is 39.2. The van der Waals surface area contributed by atoms with E-state index in [0.29, 0.717) is 19.3 Å². The Balaban J connectivity index is 5.66. The van der Waals surface area contributed by atoms with E-state index in [1.54, 1.807) is 0 Å². The van der Waals surface area contributed by atoms with Crippen molar-refractivity contribution in [2.45, 2.75) is 120 Å². The molecule has 0 radical (unpaired) electrons. The fourth-order valence-electron chi connectivity index (χ4n) is 3.44. The van der Waals surface area contributed by atoms with Crippen LogP contribution in [0.3, 0.4) is 0 Å². The Morgan fingerprint density at radius 3 is 1.50 bits per heavy atom. The highest BCUT2D eigenvalue weighted by Gasteiger charge is 2.40. The third kappa shape index (κ3) is 6.70. The van der Waals surface area contributed by atoms with Crippen LogP contribution in [0.25, 0.3) is 0 Å². The lowest BCUT2D eigenvalue weighted by Gasteiger charge is -2.33. The van der Waals surface area contributed by atoms with E-state index >= 15 is 0 Å². The number of carbonyl (C=O) groups excluding carboxylic acids is 3. The van der Waals surface area contributed by atoms with Crippen LogP contribution in [0.5, 0.6) is 0 Å². The van der Waals surface area contributed by atoms with Crippen LogP contribution in [0.15, 0.2) is 0 Å². The van der Waals surface area contributed by atoms with Gasteiger partial charge in [-0.15, -0.1) is 0 Å². The number of nitrogens with one attached hydrogen (secondary N) is 1. The normalized spacial score (nSPS) is 13.9. The van der Waals surface area contributed by atoms with Gasteiger partial charge in [-0.1, -0.05) is 75.2 Å². The zero-order valence-corrected chi connectivity index (χ0v) is 20.0. The van der Waals surface area contributed by atoms with Gasteiger partial charge in [0.15, 0.2) is 5.78 Å². The molecule has 0 aromatic rings. The predicted octanol–water partition coefficient (Wildman–Crippen LogP) is 5.87. The highest BCUT2D eigenvalue weighted by Crippen LogP contribution is 2.33. The molecule has 0 saturated heterocycles. The SMILES string of the molecule is CCC(C)(CC)CC(=O)NC(CC(=O)C(C)(CC)CC)C(=O)C(C)(CC)CC. The molecule has 0 spiro atoms. The number of amides is 1. The molecule has 0 aromatic heterocycles. The minimum atomic E-state index is -0.736. The van der Waals surface area contributed by atoms with Crippen molar-refractivity contribution in [2.24, 2.45) is 16.2 Å². The van der Waals surface area contributed by atoms with E-state index in [1.165, 1.54) is 0 Å². The standard InChI is InChI=1S/C24H45NO3/c1-10-22(7,11-2)17-20(27)25-18(21(28)24(9,14-5)15-6)16-19(26)23(8,12-3)13-4/h18H,10-17H2,1-9H3,(H,25,27). The van der Waals surface area contributed by atoms with Crippen LogP contribution < -0.4 is 5.32 Å². The van der Waals surface area contributed by atoms with E-state index in [-0.39, 0.29) is 29.3 Å². The molecule has 1 unspecified atom stereocenters. The van der Waals surface area contributed by atoms with Gasteiger partial charge in [-0.2, -0.15) is 0 Å². The maximum atomic E-state index is 13.3. The van der Waals surface area contributed by atoms with Crippen LogP contribution in [0.1, 0.15) is 114 Å². The summed E-state index contributed by atoms with van der Waals surface area (Å²) in [5, 5.41) is 2.96. The highest BCUT2D eigenvalue weighted by atomic mass is 16.2. The van der Waals surface area contributed by atoms with Crippen molar-refractivity contribution in [1.82, 2.24) is 5.32 Å². The summed E-state index contributed by atoms with van der Waals surface area (Å²) in [7, 11) is 0. The van der Waals surface area contributed by atoms with Crippen LogP contribution in [0, 0.1) is 16.2 Å². The van der Waals surface area contributed by atoms with Gasteiger partial charge in [-0.25, -0.2) is 0 Å². The van der Waals surface area contributed by atoms with Gasteiger partial charge in [0.2, 0.25) is 5.91 Å². The minimum Gasteiger partial charge on any atom is -0.346 e. The van der Waals surface area contributed by atoms with Crippen LogP contribution in [0.4, 0.5) is 0 Å². The molecule has 4 heteroatoms. The Hall–Kier alpha value is -1.19. The first-order chi connectivity index (χ1) is 12.9. The van der Waals surface area contributed by atoms with Crippen molar-refractivity contribution in [3.63, 3.8) is 0 Å². The lowest BCUT2D eigenvalue weighted by Crippen LogP contribution is -2.50. The average Bonchev–Trinajstić information content (AvgIpc) is 2.70. The number of rotatable bonds is 14. The first-order valence-electron chi connectivity index (χ1n) is 11.3. The monoisotopic (exact) mass is 395 g/mol. The van der Waals surface area contributed by atoms with Crippen LogP contribution >= 0.6 is 0 Å². The number of ketones is 2. The van der Waals surface area contributed by atoms with Crippen molar-refractivity contribution < 1.29 is 14.4 Å². The second kappa shape index (κ2) is 11.1. The van der Waals surface area contributed by atoms with E-state index in [2.05, 4.69) is 26.1 Å². The molecule has 0 bridgehead atoms. The molecule has 4 nitrogen and oxygen atoms in total. The van der Waals surface area contributed by atoms with E-state index < -0.39 is 16.9 Å². The summed E-state index contributed by atoms with van der Waals surface area (Å²) in [6, 6.07) is -0.736. The molecule has 0 aliphatic rings. The summed E-state index contributed by atoms with van der Waals surface area (Å²) in [6.45, 7) is 18.2. The molecule has 0 aliphatic heterocycles. The fraction of sp³-hybridized carbons (Fsp3) is 0.875. The van der Waals surface area contributed by atoms with Crippen molar-refractivity contribution in [3.8, 4) is 0 Å². The number of Topliss-reactive ketones (excluding diaryl/α,β-unsaturated/α-hetero) is 2. The van der Waals surface area contributed by atoms with E-state index in [0.717, 1.165) is 25.7 Å².